The van der Waals surface area contributed by atoms with E-state index in [1.807, 2.05) is 19.3 Å². The largest absolute Gasteiger partial charge is 0.465 e. The molecule has 1 N–H and O–H groups in total. The first-order valence-electron chi connectivity index (χ1n) is 7.17. The van der Waals surface area contributed by atoms with Gasteiger partial charge in [0.05, 0.1) is 6.61 Å². The molecule has 0 aliphatic heterocycles. The number of ether oxygens (including phenoxy) is 1. The summed E-state index contributed by atoms with van der Waals surface area (Å²) in [4.78, 5) is 16.2. The molecular formula is C14H23N3O2. The molecule has 0 radical (unpaired) electrons. The highest BCUT2D eigenvalue weighted by Gasteiger charge is 2.29. The van der Waals surface area contributed by atoms with Gasteiger partial charge >= 0.3 is 5.97 Å². The zero-order valence-electron chi connectivity index (χ0n) is 11.8. The highest BCUT2D eigenvalue weighted by Crippen LogP contribution is 2.20. The quantitative estimate of drug-likeness (QED) is 0.724. The van der Waals surface area contributed by atoms with E-state index in [0.29, 0.717) is 12.6 Å². The van der Waals surface area contributed by atoms with Gasteiger partial charge in [-0.1, -0.05) is 6.92 Å². The third-order valence-electron chi connectivity index (χ3n) is 3.36. The van der Waals surface area contributed by atoms with E-state index < -0.39 is 0 Å². The van der Waals surface area contributed by atoms with E-state index in [2.05, 4.69) is 21.8 Å². The minimum Gasteiger partial charge on any atom is -0.465 e. The SMILES string of the molecule is CCOC(=O)C(CCn1ccnc1CC)NC1CC1. The second kappa shape index (κ2) is 6.70. The molecule has 1 saturated carbocycles. The highest BCUT2D eigenvalue weighted by atomic mass is 16.5. The fourth-order valence-electron chi connectivity index (χ4n) is 2.17. The number of hydrogen-bond donors (Lipinski definition) is 1. The number of carbonyl (C=O) groups excluding carboxylic acids is 1. The third kappa shape index (κ3) is 4.06. The zero-order valence-corrected chi connectivity index (χ0v) is 11.8. The van der Waals surface area contributed by atoms with E-state index in [9.17, 15) is 4.79 Å². The van der Waals surface area contributed by atoms with Crippen molar-refractivity contribution in [1.29, 1.82) is 0 Å². The van der Waals surface area contributed by atoms with Gasteiger partial charge in [0.2, 0.25) is 0 Å². The van der Waals surface area contributed by atoms with E-state index in [0.717, 1.165) is 25.2 Å². The Morgan fingerprint density at radius 1 is 1.58 bits per heavy atom. The molecular weight excluding hydrogens is 242 g/mol. The van der Waals surface area contributed by atoms with Crippen molar-refractivity contribution in [2.24, 2.45) is 0 Å². The van der Waals surface area contributed by atoms with Crippen molar-refractivity contribution in [2.75, 3.05) is 6.61 Å². The summed E-state index contributed by atoms with van der Waals surface area (Å²) >= 11 is 0. The number of aromatic nitrogens is 2. The van der Waals surface area contributed by atoms with Crippen molar-refractivity contribution in [2.45, 2.75) is 58.2 Å². The predicted octanol–water partition coefficient (Wildman–Crippen LogP) is 1.52. The van der Waals surface area contributed by atoms with E-state index in [-0.39, 0.29) is 12.0 Å². The average molecular weight is 265 g/mol. The molecule has 0 aromatic carbocycles. The summed E-state index contributed by atoms with van der Waals surface area (Å²) < 4.78 is 7.24. The van der Waals surface area contributed by atoms with Gasteiger partial charge in [-0.2, -0.15) is 0 Å². The lowest BCUT2D eigenvalue weighted by Crippen LogP contribution is -2.40. The van der Waals surface area contributed by atoms with Crippen LogP contribution in [0.2, 0.25) is 0 Å². The molecule has 5 nitrogen and oxygen atoms in total. The molecule has 1 aliphatic rings. The zero-order chi connectivity index (χ0) is 13.7. The van der Waals surface area contributed by atoms with E-state index in [1.165, 1.54) is 12.8 Å². The molecule has 0 amide bonds. The van der Waals surface area contributed by atoms with Crippen LogP contribution < -0.4 is 5.32 Å². The van der Waals surface area contributed by atoms with Crippen molar-refractivity contribution in [1.82, 2.24) is 14.9 Å². The van der Waals surface area contributed by atoms with Crippen molar-refractivity contribution in [3.63, 3.8) is 0 Å². The second-order valence-corrected chi connectivity index (χ2v) is 4.92. The Labute approximate surface area is 114 Å². The Balaban J connectivity index is 1.89. The van der Waals surface area contributed by atoms with Crippen LogP contribution in [0.15, 0.2) is 12.4 Å². The smallest absolute Gasteiger partial charge is 0.323 e. The van der Waals surface area contributed by atoms with Crippen LogP contribution in [0.3, 0.4) is 0 Å². The molecule has 106 valence electrons. The maximum Gasteiger partial charge on any atom is 0.323 e. The molecule has 1 aromatic rings. The topological polar surface area (TPSA) is 56.2 Å². The lowest BCUT2D eigenvalue weighted by Gasteiger charge is -2.17. The summed E-state index contributed by atoms with van der Waals surface area (Å²) in [5.41, 5.74) is 0. The first-order valence-corrected chi connectivity index (χ1v) is 7.17. The number of nitrogens with zero attached hydrogens (tertiary/aromatic N) is 2. The van der Waals surface area contributed by atoms with Gasteiger partial charge < -0.3 is 14.6 Å². The number of hydrogen-bond acceptors (Lipinski definition) is 4. The van der Waals surface area contributed by atoms with Crippen molar-refractivity contribution in [3.05, 3.63) is 18.2 Å². The fraction of sp³-hybridized carbons (Fsp3) is 0.714. The summed E-state index contributed by atoms with van der Waals surface area (Å²) in [7, 11) is 0. The maximum atomic E-state index is 11.9. The summed E-state index contributed by atoms with van der Waals surface area (Å²) in [5, 5.41) is 3.37. The third-order valence-corrected chi connectivity index (χ3v) is 3.36. The molecule has 1 unspecified atom stereocenters. The summed E-state index contributed by atoms with van der Waals surface area (Å²) in [6.07, 6.45) is 7.78. The van der Waals surface area contributed by atoms with Gasteiger partial charge in [-0.3, -0.25) is 4.79 Å². The Morgan fingerprint density at radius 3 is 3.00 bits per heavy atom. The predicted molar refractivity (Wildman–Crippen MR) is 72.8 cm³/mol. The normalized spacial score (nSPS) is 16.3. The van der Waals surface area contributed by atoms with Crippen molar-refractivity contribution >= 4 is 5.97 Å². The second-order valence-electron chi connectivity index (χ2n) is 4.92. The van der Waals surface area contributed by atoms with Gasteiger partial charge in [0.1, 0.15) is 11.9 Å². The Kier molecular flexibility index (Phi) is 4.96. The first-order chi connectivity index (χ1) is 9.24. The van der Waals surface area contributed by atoms with Crippen LogP contribution in [0.1, 0.15) is 38.9 Å². The van der Waals surface area contributed by atoms with E-state index in [1.54, 1.807) is 0 Å². The molecule has 5 heteroatoms. The molecule has 1 aromatic heterocycles. The molecule has 19 heavy (non-hydrogen) atoms. The molecule has 2 rings (SSSR count). The van der Waals surface area contributed by atoms with Crippen LogP contribution in [0.25, 0.3) is 0 Å². The molecule has 1 heterocycles. The minimum atomic E-state index is -0.195. The molecule has 0 saturated heterocycles. The number of esters is 1. The molecule has 1 aliphatic carbocycles. The number of nitrogens with one attached hydrogen (secondary N) is 1. The lowest BCUT2D eigenvalue weighted by atomic mass is 10.2. The fourth-order valence-corrected chi connectivity index (χ4v) is 2.17. The van der Waals surface area contributed by atoms with Gasteiger partial charge in [-0.15, -0.1) is 0 Å². The Hall–Kier alpha value is -1.36. The van der Waals surface area contributed by atoms with Gasteiger partial charge in [0.25, 0.3) is 0 Å². The monoisotopic (exact) mass is 265 g/mol. The maximum absolute atomic E-state index is 11.9. The van der Waals surface area contributed by atoms with Gasteiger partial charge in [0, 0.05) is 31.4 Å². The van der Waals surface area contributed by atoms with Crippen LogP contribution in [0, 0.1) is 0 Å². The van der Waals surface area contributed by atoms with Gasteiger partial charge in [0.15, 0.2) is 0 Å². The van der Waals surface area contributed by atoms with Crippen molar-refractivity contribution in [3.8, 4) is 0 Å². The van der Waals surface area contributed by atoms with Crippen molar-refractivity contribution < 1.29 is 9.53 Å². The lowest BCUT2D eigenvalue weighted by molar-refractivity contribution is -0.146. The number of imidazole rings is 1. The Bertz CT molecular complexity index is 413. The Morgan fingerprint density at radius 2 is 2.37 bits per heavy atom. The van der Waals surface area contributed by atoms with Crippen LogP contribution >= 0.6 is 0 Å². The van der Waals surface area contributed by atoms with E-state index >= 15 is 0 Å². The average Bonchev–Trinajstić information content (AvgIpc) is 3.11. The van der Waals surface area contributed by atoms with E-state index in [4.69, 9.17) is 4.74 Å². The summed E-state index contributed by atoms with van der Waals surface area (Å²) in [5.74, 6) is 0.932. The van der Waals surface area contributed by atoms with Gasteiger partial charge in [-0.05, 0) is 26.2 Å². The summed E-state index contributed by atoms with van der Waals surface area (Å²) in [6.45, 7) is 5.17. The standard InChI is InChI=1S/C14H23N3O2/c1-3-13-15-8-10-17(13)9-7-12(14(18)19-4-2)16-11-5-6-11/h8,10-12,16H,3-7,9H2,1-2H3. The molecule has 1 fully saturated rings. The van der Waals surface area contributed by atoms with Crippen LogP contribution in [0.5, 0.6) is 0 Å². The minimum absolute atomic E-state index is 0.132. The summed E-state index contributed by atoms with van der Waals surface area (Å²) in [6, 6.07) is 0.308. The molecule has 0 spiro atoms. The molecule has 1 atom stereocenters. The first kappa shape index (κ1) is 14.1. The van der Waals surface area contributed by atoms with Crippen LogP contribution in [-0.4, -0.2) is 34.2 Å². The molecule has 0 bridgehead atoms. The number of aryl methyl sites for hydroxylation is 2. The van der Waals surface area contributed by atoms with Crippen LogP contribution in [-0.2, 0) is 22.5 Å². The van der Waals surface area contributed by atoms with Crippen LogP contribution in [0.4, 0.5) is 0 Å². The number of carbonyl (C=O) groups is 1. The number of rotatable bonds is 8. The highest BCUT2D eigenvalue weighted by molar-refractivity contribution is 5.75. The van der Waals surface area contributed by atoms with Gasteiger partial charge in [-0.25, -0.2) is 4.98 Å².